The number of nitrogens with one attached hydrogen (secondary N) is 1. The van der Waals surface area contributed by atoms with E-state index in [0.29, 0.717) is 5.75 Å². The van der Waals surface area contributed by atoms with Crippen molar-refractivity contribution in [1.29, 1.82) is 0 Å². The highest BCUT2D eigenvalue weighted by Crippen LogP contribution is 2.26. The lowest BCUT2D eigenvalue weighted by Gasteiger charge is -2.19. The van der Waals surface area contributed by atoms with Gasteiger partial charge in [0.2, 0.25) is 10.0 Å². The zero-order valence-electron chi connectivity index (χ0n) is 14.5. The number of ether oxygens (including phenoxy) is 1. The molecule has 2 rings (SSSR count). The normalized spacial score (nSPS) is 12.9. The highest BCUT2D eigenvalue weighted by atomic mass is 127. The van der Waals surface area contributed by atoms with Crippen molar-refractivity contribution in [1.82, 2.24) is 4.72 Å². The summed E-state index contributed by atoms with van der Waals surface area (Å²) >= 11 is 2.07. The van der Waals surface area contributed by atoms with Crippen LogP contribution in [0.2, 0.25) is 0 Å². The van der Waals surface area contributed by atoms with Crippen molar-refractivity contribution < 1.29 is 13.2 Å². The molecule has 0 aliphatic heterocycles. The average Bonchev–Trinajstić information content (AvgIpc) is 2.50. The average molecular weight is 459 g/mol. The first kappa shape index (κ1) is 19.2. The number of halogens is 1. The van der Waals surface area contributed by atoms with Gasteiger partial charge >= 0.3 is 0 Å². The first-order chi connectivity index (χ1) is 11.2. The molecule has 0 radical (unpaired) electrons. The fourth-order valence-electron chi connectivity index (χ4n) is 2.63. The van der Waals surface area contributed by atoms with Gasteiger partial charge in [-0.2, -0.15) is 0 Å². The molecule has 1 N–H and O–H groups in total. The van der Waals surface area contributed by atoms with Crippen LogP contribution in [0.5, 0.6) is 5.75 Å². The van der Waals surface area contributed by atoms with Gasteiger partial charge in [-0.05, 0) is 90.7 Å². The number of sulfonamides is 1. The third-order valence-corrected chi connectivity index (χ3v) is 6.50. The number of benzene rings is 2. The van der Waals surface area contributed by atoms with Crippen LogP contribution in [-0.4, -0.2) is 15.5 Å². The molecule has 0 saturated heterocycles. The van der Waals surface area contributed by atoms with Crippen molar-refractivity contribution >= 4 is 32.6 Å². The molecule has 0 aliphatic rings. The first-order valence-electron chi connectivity index (χ1n) is 7.59. The molecule has 1 atom stereocenters. The Morgan fingerprint density at radius 1 is 1.04 bits per heavy atom. The Hall–Kier alpha value is -1.12. The third-order valence-electron chi connectivity index (χ3n) is 4.11. The van der Waals surface area contributed by atoms with E-state index in [4.69, 9.17) is 4.74 Å². The molecule has 0 bridgehead atoms. The molecular weight excluding hydrogens is 437 g/mol. The lowest BCUT2D eigenvalue weighted by molar-refractivity contribution is 0.411. The summed E-state index contributed by atoms with van der Waals surface area (Å²) in [5.74, 6) is 0.660. The SMILES string of the molecule is COc1ccc(S(=O)(=O)N[C@@H](C)c2cc(C)c(C)cc2C)cc1I. The summed E-state index contributed by atoms with van der Waals surface area (Å²) in [7, 11) is -2.04. The Morgan fingerprint density at radius 3 is 2.25 bits per heavy atom. The van der Waals surface area contributed by atoms with E-state index in [1.54, 1.807) is 25.3 Å². The predicted molar refractivity (Wildman–Crippen MR) is 105 cm³/mol. The highest BCUT2D eigenvalue weighted by Gasteiger charge is 2.21. The van der Waals surface area contributed by atoms with Crippen molar-refractivity contribution in [3.8, 4) is 5.75 Å². The van der Waals surface area contributed by atoms with Crippen LogP contribution in [0.3, 0.4) is 0 Å². The summed E-state index contributed by atoms with van der Waals surface area (Å²) in [6, 6.07) is 8.67. The molecule has 24 heavy (non-hydrogen) atoms. The molecule has 6 heteroatoms. The van der Waals surface area contributed by atoms with Crippen molar-refractivity contribution in [2.75, 3.05) is 7.11 Å². The van der Waals surface area contributed by atoms with Crippen LogP contribution < -0.4 is 9.46 Å². The molecule has 0 amide bonds. The van der Waals surface area contributed by atoms with Crippen LogP contribution in [0.15, 0.2) is 35.2 Å². The first-order valence-corrected chi connectivity index (χ1v) is 10.2. The van der Waals surface area contributed by atoms with E-state index < -0.39 is 10.0 Å². The molecule has 0 heterocycles. The molecule has 130 valence electrons. The van der Waals surface area contributed by atoms with Crippen LogP contribution >= 0.6 is 22.6 Å². The topological polar surface area (TPSA) is 55.4 Å². The van der Waals surface area contributed by atoms with Crippen LogP contribution in [0, 0.1) is 24.3 Å². The zero-order chi connectivity index (χ0) is 18.1. The van der Waals surface area contributed by atoms with E-state index >= 15 is 0 Å². The largest absolute Gasteiger partial charge is 0.496 e. The number of aryl methyl sites for hydroxylation is 3. The summed E-state index contributed by atoms with van der Waals surface area (Å²) in [4.78, 5) is 0.237. The molecular formula is C18H22INO3S. The van der Waals surface area contributed by atoms with Crippen molar-refractivity contribution in [2.45, 2.75) is 38.6 Å². The summed E-state index contributed by atoms with van der Waals surface area (Å²) in [6.45, 7) is 7.96. The van der Waals surface area contributed by atoms with Crippen molar-refractivity contribution in [3.05, 3.63) is 56.2 Å². The van der Waals surface area contributed by atoms with Crippen molar-refractivity contribution in [3.63, 3.8) is 0 Å². The molecule has 0 aliphatic carbocycles. The maximum Gasteiger partial charge on any atom is 0.241 e. The van der Waals surface area contributed by atoms with Gasteiger partial charge in [0.25, 0.3) is 0 Å². The highest BCUT2D eigenvalue weighted by molar-refractivity contribution is 14.1. The van der Waals surface area contributed by atoms with Crippen molar-refractivity contribution in [2.24, 2.45) is 0 Å². The monoisotopic (exact) mass is 459 g/mol. The molecule has 0 saturated carbocycles. The van der Waals surface area contributed by atoms with E-state index in [1.807, 2.05) is 20.8 Å². The third kappa shape index (κ3) is 4.10. The van der Waals surface area contributed by atoms with Gasteiger partial charge in [-0.15, -0.1) is 0 Å². The molecule has 0 unspecified atom stereocenters. The quantitative estimate of drug-likeness (QED) is 0.680. The van der Waals surface area contributed by atoms with Gasteiger partial charge in [-0.25, -0.2) is 13.1 Å². The second kappa shape index (κ2) is 7.41. The number of rotatable bonds is 5. The molecule has 4 nitrogen and oxygen atoms in total. The van der Waals surface area contributed by atoms with Crippen LogP contribution in [0.4, 0.5) is 0 Å². The Kier molecular flexibility index (Phi) is 5.93. The zero-order valence-corrected chi connectivity index (χ0v) is 17.4. The van der Waals surface area contributed by atoms with Gasteiger partial charge in [-0.1, -0.05) is 12.1 Å². The minimum Gasteiger partial charge on any atom is -0.496 e. The van der Waals surface area contributed by atoms with E-state index in [1.165, 1.54) is 5.56 Å². The summed E-state index contributed by atoms with van der Waals surface area (Å²) < 4.78 is 34.1. The number of methoxy groups -OCH3 is 1. The maximum atomic E-state index is 12.7. The van der Waals surface area contributed by atoms with Gasteiger partial charge in [0.1, 0.15) is 5.75 Å². The van der Waals surface area contributed by atoms with Crippen LogP contribution in [-0.2, 0) is 10.0 Å². The summed E-state index contributed by atoms with van der Waals surface area (Å²) in [5.41, 5.74) is 4.43. The lowest BCUT2D eigenvalue weighted by atomic mass is 9.97. The van der Waals surface area contributed by atoms with Gasteiger partial charge in [0, 0.05) is 6.04 Å². The maximum absolute atomic E-state index is 12.7. The van der Waals surface area contributed by atoms with Gasteiger partial charge < -0.3 is 4.74 Å². The Labute approximate surface area is 157 Å². The van der Waals surface area contributed by atoms with E-state index in [9.17, 15) is 8.42 Å². The van der Waals surface area contributed by atoms with E-state index in [0.717, 1.165) is 20.3 Å². The summed E-state index contributed by atoms with van der Waals surface area (Å²) in [6.07, 6.45) is 0. The second-order valence-electron chi connectivity index (χ2n) is 5.93. The smallest absolute Gasteiger partial charge is 0.241 e. The van der Waals surface area contributed by atoms with Crippen LogP contribution in [0.25, 0.3) is 0 Å². The van der Waals surface area contributed by atoms with Gasteiger partial charge in [0.15, 0.2) is 0 Å². The summed E-state index contributed by atoms with van der Waals surface area (Å²) in [5, 5.41) is 0. The van der Waals surface area contributed by atoms with Gasteiger partial charge in [-0.3, -0.25) is 0 Å². The van der Waals surface area contributed by atoms with E-state index in [2.05, 4.69) is 46.4 Å². The van der Waals surface area contributed by atoms with E-state index in [-0.39, 0.29) is 10.9 Å². The molecule has 2 aromatic carbocycles. The van der Waals surface area contributed by atoms with Crippen LogP contribution in [0.1, 0.15) is 35.2 Å². The van der Waals surface area contributed by atoms with Gasteiger partial charge in [0.05, 0.1) is 15.6 Å². The molecule has 0 aromatic heterocycles. The predicted octanol–water partition coefficient (Wildman–Crippen LogP) is 4.26. The Bertz CT molecular complexity index is 863. The number of hydrogen-bond donors (Lipinski definition) is 1. The fraction of sp³-hybridized carbons (Fsp3) is 0.333. The second-order valence-corrected chi connectivity index (χ2v) is 8.81. The fourth-order valence-corrected chi connectivity index (χ4v) is 4.82. The lowest BCUT2D eigenvalue weighted by Crippen LogP contribution is -2.27. The standard InChI is InChI=1S/C18H22INO3S/c1-11-8-13(3)16(9-12(11)2)14(4)20-24(21,22)15-6-7-18(23-5)17(19)10-15/h6-10,14,20H,1-5H3/t14-/m0/s1. The number of hydrogen-bond acceptors (Lipinski definition) is 3. The Morgan fingerprint density at radius 2 is 1.67 bits per heavy atom. The minimum atomic E-state index is -3.61. The molecule has 0 fully saturated rings. The minimum absolute atomic E-state index is 0.237. The molecule has 0 spiro atoms. The molecule has 2 aromatic rings. The Balaban J connectivity index is 2.32.